The smallest absolute Gasteiger partial charge is 0.241 e. The van der Waals surface area contributed by atoms with E-state index in [1.54, 1.807) is 12.3 Å². The Kier molecular flexibility index (Phi) is 4.74. The minimum absolute atomic E-state index is 0.0127. The van der Waals surface area contributed by atoms with E-state index in [0.29, 0.717) is 11.6 Å². The molecule has 1 aromatic heterocycles. The lowest BCUT2D eigenvalue weighted by molar-refractivity contribution is -0.118. The van der Waals surface area contributed by atoms with Gasteiger partial charge in [-0.3, -0.25) is 4.79 Å². The number of piperidine rings is 1. The van der Waals surface area contributed by atoms with Gasteiger partial charge in [-0.05, 0) is 45.4 Å². The Morgan fingerprint density at radius 2 is 2.37 bits per heavy atom. The Morgan fingerprint density at radius 3 is 3.05 bits per heavy atom. The van der Waals surface area contributed by atoms with Gasteiger partial charge in [0, 0.05) is 6.20 Å². The van der Waals surface area contributed by atoms with Crippen molar-refractivity contribution < 1.29 is 9.53 Å². The SMILES string of the molecule is CC(C)Oc1ncccc1NC(=O)C1CCCCN1. The lowest BCUT2D eigenvalue weighted by atomic mass is 10.0. The van der Waals surface area contributed by atoms with Crippen LogP contribution in [0.2, 0.25) is 0 Å². The van der Waals surface area contributed by atoms with Crippen molar-refractivity contribution >= 4 is 11.6 Å². The van der Waals surface area contributed by atoms with E-state index in [9.17, 15) is 4.79 Å². The van der Waals surface area contributed by atoms with Gasteiger partial charge in [0.05, 0.1) is 12.1 Å². The van der Waals surface area contributed by atoms with Crippen molar-refractivity contribution in [1.29, 1.82) is 0 Å². The lowest BCUT2D eigenvalue weighted by Gasteiger charge is -2.23. The molecule has 1 atom stereocenters. The van der Waals surface area contributed by atoms with Crippen molar-refractivity contribution in [3.63, 3.8) is 0 Å². The molecular weight excluding hydrogens is 242 g/mol. The summed E-state index contributed by atoms with van der Waals surface area (Å²) in [7, 11) is 0. The maximum absolute atomic E-state index is 12.1. The Labute approximate surface area is 113 Å². The number of hydrogen-bond donors (Lipinski definition) is 2. The number of pyridine rings is 1. The lowest BCUT2D eigenvalue weighted by Crippen LogP contribution is -2.43. The number of ether oxygens (including phenoxy) is 1. The topological polar surface area (TPSA) is 63.2 Å². The van der Waals surface area contributed by atoms with Gasteiger partial charge in [0.15, 0.2) is 0 Å². The molecule has 5 heteroatoms. The van der Waals surface area contributed by atoms with Crippen LogP contribution in [0.4, 0.5) is 5.69 Å². The first-order chi connectivity index (χ1) is 9.16. The van der Waals surface area contributed by atoms with Crippen LogP contribution in [0.15, 0.2) is 18.3 Å². The summed E-state index contributed by atoms with van der Waals surface area (Å²) in [5, 5.41) is 6.12. The number of nitrogens with zero attached hydrogens (tertiary/aromatic N) is 1. The van der Waals surface area contributed by atoms with Gasteiger partial charge in [0.1, 0.15) is 5.69 Å². The van der Waals surface area contributed by atoms with E-state index >= 15 is 0 Å². The maximum atomic E-state index is 12.1. The number of amides is 1. The number of carbonyl (C=O) groups excluding carboxylic acids is 1. The molecule has 0 aliphatic carbocycles. The molecule has 1 saturated heterocycles. The Bertz CT molecular complexity index is 428. The molecule has 0 saturated carbocycles. The second-order valence-electron chi connectivity index (χ2n) is 5.01. The van der Waals surface area contributed by atoms with Crippen LogP contribution in [0.25, 0.3) is 0 Å². The van der Waals surface area contributed by atoms with Gasteiger partial charge in [-0.2, -0.15) is 0 Å². The number of rotatable bonds is 4. The molecule has 1 aliphatic rings. The van der Waals surface area contributed by atoms with E-state index < -0.39 is 0 Å². The van der Waals surface area contributed by atoms with Gasteiger partial charge in [-0.1, -0.05) is 6.42 Å². The molecule has 1 unspecified atom stereocenters. The molecule has 1 aromatic rings. The average Bonchev–Trinajstić information content (AvgIpc) is 2.41. The van der Waals surface area contributed by atoms with E-state index in [2.05, 4.69) is 15.6 Å². The van der Waals surface area contributed by atoms with Crippen LogP contribution in [-0.2, 0) is 4.79 Å². The molecule has 1 amide bonds. The molecule has 0 aromatic carbocycles. The van der Waals surface area contributed by atoms with E-state index in [-0.39, 0.29) is 18.1 Å². The number of anilines is 1. The highest BCUT2D eigenvalue weighted by Crippen LogP contribution is 2.22. The number of aromatic nitrogens is 1. The predicted octanol–water partition coefficient (Wildman–Crippen LogP) is 1.95. The van der Waals surface area contributed by atoms with E-state index in [4.69, 9.17) is 4.74 Å². The summed E-state index contributed by atoms with van der Waals surface area (Å²) in [6, 6.07) is 3.49. The summed E-state index contributed by atoms with van der Waals surface area (Å²) >= 11 is 0. The highest BCUT2D eigenvalue weighted by atomic mass is 16.5. The maximum Gasteiger partial charge on any atom is 0.241 e. The minimum Gasteiger partial charge on any atom is -0.473 e. The number of carbonyl (C=O) groups is 1. The zero-order valence-corrected chi connectivity index (χ0v) is 11.5. The molecule has 2 N–H and O–H groups in total. The summed E-state index contributed by atoms with van der Waals surface area (Å²) < 4.78 is 5.59. The summed E-state index contributed by atoms with van der Waals surface area (Å²) in [6.45, 7) is 4.77. The second-order valence-corrected chi connectivity index (χ2v) is 5.01. The van der Waals surface area contributed by atoms with Crippen LogP contribution < -0.4 is 15.4 Å². The van der Waals surface area contributed by atoms with Crippen molar-refractivity contribution in [2.24, 2.45) is 0 Å². The number of nitrogens with one attached hydrogen (secondary N) is 2. The molecule has 19 heavy (non-hydrogen) atoms. The van der Waals surface area contributed by atoms with Crippen molar-refractivity contribution in [2.75, 3.05) is 11.9 Å². The summed E-state index contributed by atoms with van der Waals surface area (Å²) in [5.41, 5.74) is 0.633. The summed E-state index contributed by atoms with van der Waals surface area (Å²) in [4.78, 5) is 16.3. The Morgan fingerprint density at radius 1 is 1.53 bits per heavy atom. The normalized spacial score (nSPS) is 19.2. The quantitative estimate of drug-likeness (QED) is 0.871. The third kappa shape index (κ3) is 3.92. The molecule has 2 heterocycles. The van der Waals surface area contributed by atoms with Crippen LogP contribution in [0, 0.1) is 0 Å². The predicted molar refractivity (Wildman–Crippen MR) is 74.3 cm³/mol. The highest BCUT2D eigenvalue weighted by molar-refractivity contribution is 5.95. The number of hydrogen-bond acceptors (Lipinski definition) is 4. The first kappa shape index (κ1) is 13.8. The molecule has 0 radical (unpaired) electrons. The molecule has 2 rings (SSSR count). The zero-order chi connectivity index (χ0) is 13.7. The fourth-order valence-electron chi connectivity index (χ4n) is 2.10. The second kappa shape index (κ2) is 6.52. The standard InChI is InChI=1S/C14H21N3O2/c1-10(2)19-14-12(7-5-9-16-14)17-13(18)11-6-3-4-8-15-11/h5,7,9-11,15H,3-4,6,8H2,1-2H3,(H,17,18). The highest BCUT2D eigenvalue weighted by Gasteiger charge is 2.21. The molecule has 1 aliphatic heterocycles. The van der Waals surface area contributed by atoms with E-state index in [0.717, 1.165) is 25.8 Å². The van der Waals surface area contributed by atoms with E-state index in [1.165, 1.54) is 0 Å². The zero-order valence-electron chi connectivity index (χ0n) is 11.5. The molecule has 104 valence electrons. The van der Waals surface area contributed by atoms with Crippen LogP contribution in [0.5, 0.6) is 5.88 Å². The van der Waals surface area contributed by atoms with Crippen molar-refractivity contribution in [1.82, 2.24) is 10.3 Å². The van der Waals surface area contributed by atoms with Crippen LogP contribution in [0.1, 0.15) is 33.1 Å². The fourth-order valence-corrected chi connectivity index (χ4v) is 2.10. The Hall–Kier alpha value is -1.62. The molecule has 1 fully saturated rings. The molecule has 0 bridgehead atoms. The van der Waals surface area contributed by atoms with Gasteiger partial charge in [0.2, 0.25) is 11.8 Å². The van der Waals surface area contributed by atoms with Crippen LogP contribution in [0.3, 0.4) is 0 Å². The van der Waals surface area contributed by atoms with Gasteiger partial charge < -0.3 is 15.4 Å². The molecule has 5 nitrogen and oxygen atoms in total. The van der Waals surface area contributed by atoms with Crippen molar-refractivity contribution in [2.45, 2.75) is 45.3 Å². The third-order valence-corrected chi connectivity index (χ3v) is 3.00. The van der Waals surface area contributed by atoms with Crippen molar-refractivity contribution in [3.8, 4) is 5.88 Å². The fraction of sp³-hybridized carbons (Fsp3) is 0.571. The Balaban J connectivity index is 2.03. The van der Waals surface area contributed by atoms with Crippen LogP contribution in [-0.4, -0.2) is 29.6 Å². The average molecular weight is 263 g/mol. The van der Waals surface area contributed by atoms with Gasteiger partial charge in [-0.25, -0.2) is 4.98 Å². The minimum atomic E-state index is -0.110. The molecular formula is C14H21N3O2. The van der Waals surface area contributed by atoms with Gasteiger partial charge in [-0.15, -0.1) is 0 Å². The monoisotopic (exact) mass is 263 g/mol. The summed E-state index contributed by atoms with van der Waals surface area (Å²) in [6.07, 6.45) is 4.79. The third-order valence-electron chi connectivity index (χ3n) is 3.00. The van der Waals surface area contributed by atoms with Gasteiger partial charge >= 0.3 is 0 Å². The summed E-state index contributed by atoms with van der Waals surface area (Å²) in [5.74, 6) is 0.461. The van der Waals surface area contributed by atoms with Crippen LogP contribution >= 0.6 is 0 Å². The first-order valence-corrected chi connectivity index (χ1v) is 6.82. The largest absolute Gasteiger partial charge is 0.473 e. The molecule has 0 spiro atoms. The van der Waals surface area contributed by atoms with Gasteiger partial charge in [0.25, 0.3) is 0 Å². The van der Waals surface area contributed by atoms with E-state index in [1.807, 2.05) is 19.9 Å². The van der Waals surface area contributed by atoms with Crippen molar-refractivity contribution in [3.05, 3.63) is 18.3 Å². The first-order valence-electron chi connectivity index (χ1n) is 6.82.